The van der Waals surface area contributed by atoms with E-state index < -0.39 is 11.7 Å². The molecule has 2 heterocycles. The minimum atomic E-state index is -0.461. The van der Waals surface area contributed by atoms with Gasteiger partial charge in [0.1, 0.15) is 5.60 Å². The summed E-state index contributed by atoms with van der Waals surface area (Å²) in [5.41, 5.74) is -0.461. The fourth-order valence-electron chi connectivity index (χ4n) is 1.63. The van der Waals surface area contributed by atoms with E-state index in [1.807, 2.05) is 32.9 Å². The van der Waals surface area contributed by atoms with Crippen molar-refractivity contribution < 1.29 is 9.53 Å². The highest BCUT2D eigenvalue weighted by Crippen LogP contribution is 2.31. The highest BCUT2D eigenvalue weighted by atomic mass is 32.1. The lowest BCUT2D eigenvalue weighted by Crippen LogP contribution is -2.32. The van der Waals surface area contributed by atoms with Crippen molar-refractivity contribution >= 4 is 34.8 Å². The molecule has 0 unspecified atom stereocenters. The van der Waals surface area contributed by atoms with Gasteiger partial charge in [-0.3, -0.25) is 0 Å². The lowest BCUT2D eigenvalue weighted by Gasteiger charge is -2.19. The van der Waals surface area contributed by atoms with Crippen LogP contribution in [0.4, 0.5) is 4.79 Å². The van der Waals surface area contributed by atoms with E-state index in [1.165, 1.54) is 14.6 Å². The molecule has 0 fully saturated rings. The minimum absolute atomic E-state index is 0.391. The summed E-state index contributed by atoms with van der Waals surface area (Å²) in [7, 11) is 0. The molecular weight excluding hydrogens is 302 g/mol. The van der Waals surface area contributed by atoms with Crippen LogP contribution in [0, 0.1) is 0 Å². The summed E-state index contributed by atoms with van der Waals surface area (Å²) in [6, 6.07) is 8.38. The van der Waals surface area contributed by atoms with Gasteiger partial charge < -0.3 is 10.1 Å². The van der Waals surface area contributed by atoms with Gasteiger partial charge in [0.05, 0.1) is 0 Å². The van der Waals surface area contributed by atoms with Crippen LogP contribution in [0.1, 0.15) is 25.6 Å². The molecule has 0 aliphatic carbocycles. The zero-order valence-electron chi connectivity index (χ0n) is 12.4. The number of thiophene rings is 2. The van der Waals surface area contributed by atoms with E-state index in [1.54, 1.807) is 22.7 Å². The number of amides is 1. The van der Waals surface area contributed by atoms with E-state index in [9.17, 15) is 4.79 Å². The number of carbonyl (C=O) groups is 1. The molecule has 0 spiro atoms. The Kier molecular flexibility index (Phi) is 5.20. The Balaban J connectivity index is 1.81. The lowest BCUT2D eigenvalue weighted by atomic mass is 10.2. The molecular formula is C16H19NO2S2. The maximum atomic E-state index is 11.5. The first-order valence-electron chi connectivity index (χ1n) is 6.71. The summed E-state index contributed by atoms with van der Waals surface area (Å²) >= 11 is 3.48. The van der Waals surface area contributed by atoms with Crippen LogP contribution in [-0.2, 0) is 4.74 Å². The number of nitrogens with one attached hydrogen (secondary N) is 1. The molecule has 3 nitrogen and oxygen atoms in total. The number of ether oxygens (including phenoxy) is 1. The topological polar surface area (TPSA) is 38.3 Å². The smallest absolute Gasteiger partial charge is 0.407 e. The Labute approximate surface area is 133 Å². The SMILES string of the molecule is CC(C)(C)OC(=O)NC/C=C/c1ccc(-c2cccs2)s1. The molecule has 0 saturated heterocycles. The molecule has 0 saturated carbocycles. The molecule has 2 aromatic rings. The normalized spacial score (nSPS) is 11.8. The van der Waals surface area contributed by atoms with Gasteiger partial charge in [-0.1, -0.05) is 12.1 Å². The Bertz CT molecular complexity index is 607. The van der Waals surface area contributed by atoms with E-state index in [0.29, 0.717) is 6.54 Å². The van der Waals surface area contributed by atoms with Gasteiger partial charge in [-0.05, 0) is 50.4 Å². The van der Waals surface area contributed by atoms with Crippen molar-refractivity contribution in [3.8, 4) is 9.75 Å². The molecule has 0 aromatic carbocycles. The van der Waals surface area contributed by atoms with Crippen LogP contribution >= 0.6 is 22.7 Å². The van der Waals surface area contributed by atoms with Gasteiger partial charge in [-0.2, -0.15) is 0 Å². The number of carbonyl (C=O) groups excluding carboxylic acids is 1. The van der Waals surface area contributed by atoms with Gasteiger partial charge in [0.25, 0.3) is 0 Å². The van der Waals surface area contributed by atoms with Crippen molar-refractivity contribution in [2.45, 2.75) is 26.4 Å². The summed E-state index contributed by atoms with van der Waals surface area (Å²) in [6.07, 6.45) is 3.55. The molecule has 0 aliphatic rings. The minimum Gasteiger partial charge on any atom is -0.444 e. The van der Waals surface area contributed by atoms with Gasteiger partial charge in [-0.25, -0.2) is 4.79 Å². The number of hydrogen-bond acceptors (Lipinski definition) is 4. The summed E-state index contributed by atoms with van der Waals surface area (Å²) < 4.78 is 5.16. The average Bonchev–Trinajstić information content (AvgIpc) is 3.03. The Hall–Kier alpha value is -1.59. The molecule has 1 N–H and O–H groups in total. The fourth-order valence-corrected chi connectivity index (χ4v) is 3.40. The molecule has 0 bridgehead atoms. The Morgan fingerprint density at radius 3 is 2.76 bits per heavy atom. The third-order valence-electron chi connectivity index (χ3n) is 2.44. The van der Waals surface area contributed by atoms with Crippen molar-refractivity contribution in [3.63, 3.8) is 0 Å². The van der Waals surface area contributed by atoms with E-state index in [-0.39, 0.29) is 0 Å². The van der Waals surface area contributed by atoms with E-state index in [4.69, 9.17) is 4.74 Å². The van der Waals surface area contributed by atoms with Crippen molar-refractivity contribution in [1.29, 1.82) is 0 Å². The second kappa shape index (κ2) is 6.91. The summed E-state index contributed by atoms with van der Waals surface area (Å²) in [5.74, 6) is 0. The average molecular weight is 321 g/mol. The van der Waals surface area contributed by atoms with Crippen LogP contribution in [0.25, 0.3) is 15.8 Å². The molecule has 2 aromatic heterocycles. The molecule has 0 radical (unpaired) electrons. The third-order valence-corrected chi connectivity index (χ3v) is 4.55. The summed E-state index contributed by atoms with van der Waals surface area (Å²) in [5, 5.41) is 4.78. The first kappa shape index (κ1) is 15.8. The summed E-state index contributed by atoms with van der Waals surface area (Å²) in [6.45, 7) is 6.00. The van der Waals surface area contributed by atoms with Gasteiger partial charge in [-0.15, -0.1) is 22.7 Å². The van der Waals surface area contributed by atoms with Gasteiger partial charge in [0, 0.05) is 21.2 Å². The molecule has 21 heavy (non-hydrogen) atoms. The van der Waals surface area contributed by atoms with Crippen molar-refractivity contribution in [1.82, 2.24) is 5.32 Å². The van der Waals surface area contributed by atoms with Crippen LogP contribution in [0.2, 0.25) is 0 Å². The highest BCUT2D eigenvalue weighted by Gasteiger charge is 2.14. The highest BCUT2D eigenvalue weighted by molar-refractivity contribution is 7.21. The Morgan fingerprint density at radius 1 is 1.29 bits per heavy atom. The second-order valence-electron chi connectivity index (χ2n) is 5.46. The van der Waals surface area contributed by atoms with Crippen LogP contribution < -0.4 is 5.32 Å². The van der Waals surface area contributed by atoms with Crippen LogP contribution in [0.5, 0.6) is 0 Å². The fraction of sp³-hybridized carbons (Fsp3) is 0.312. The first-order chi connectivity index (χ1) is 9.94. The van der Waals surface area contributed by atoms with Crippen molar-refractivity contribution in [3.05, 3.63) is 40.6 Å². The second-order valence-corrected chi connectivity index (χ2v) is 7.53. The number of rotatable bonds is 4. The molecule has 1 amide bonds. The summed E-state index contributed by atoms with van der Waals surface area (Å²) in [4.78, 5) is 15.2. The predicted octanol–water partition coefficient (Wildman–Crippen LogP) is 5.01. The quantitative estimate of drug-likeness (QED) is 0.859. The van der Waals surface area contributed by atoms with Gasteiger partial charge in [0.2, 0.25) is 0 Å². The zero-order chi connectivity index (χ0) is 15.3. The van der Waals surface area contributed by atoms with Gasteiger partial charge >= 0.3 is 6.09 Å². The Morgan fingerprint density at radius 2 is 2.10 bits per heavy atom. The van der Waals surface area contributed by atoms with Crippen LogP contribution in [0.3, 0.4) is 0 Å². The standard InChI is InChI=1S/C16H19NO2S2/c1-16(2,3)19-15(18)17-10-4-6-12-8-9-14(21-12)13-7-5-11-20-13/h4-9,11H,10H2,1-3H3,(H,17,18)/b6-4+. The molecule has 5 heteroatoms. The van der Waals surface area contributed by atoms with E-state index >= 15 is 0 Å². The molecule has 2 rings (SSSR count). The van der Waals surface area contributed by atoms with E-state index in [2.05, 4.69) is 35.0 Å². The maximum absolute atomic E-state index is 11.5. The van der Waals surface area contributed by atoms with E-state index in [0.717, 1.165) is 0 Å². The molecule has 112 valence electrons. The largest absolute Gasteiger partial charge is 0.444 e. The third kappa shape index (κ3) is 5.36. The zero-order valence-corrected chi connectivity index (χ0v) is 14.0. The lowest BCUT2D eigenvalue weighted by molar-refractivity contribution is 0.0534. The molecule has 0 atom stereocenters. The predicted molar refractivity (Wildman–Crippen MR) is 90.9 cm³/mol. The van der Waals surface area contributed by atoms with Crippen molar-refractivity contribution in [2.24, 2.45) is 0 Å². The van der Waals surface area contributed by atoms with Crippen LogP contribution in [0.15, 0.2) is 35.7 Å². The van der Waals surface area contributed by atoms with Crippen molar-refractivity contribution in [2.75, 3.05) is 6.54 Å². The number of alkyl carbamates (subject to hydrolysis) is 1. The molecule has 0 aliphatic heterocycles. The maximum Gasteiger partial charge on any atom is 0.407 e. The van der Waals surface area contributed by atoms with Crippen LogP contribution in [-0.4, -0.2) is 18.2 Å². The first-order valence-corrected chi connectivity index (χ1v) is 8.41. The number of hydrogen-bond donors (Lipinski definition) is 1. The van der Waals surface area contributed by atoms with Gasteiger partial charge in [0.15, 0.2) is 0 Å². The monoisotopic (exact) mass is 321 g/mol.